The third-order valence-electron chi connectivity index (χ3n) is 5.53. The molecule has 3 amide bonds. The van der Waals surface area contributed by atoms with Crippen molar-refractivity contribution in [3.05, 3.63) is 65.9 Å². The number of hydrogen-bond acceptors (Lipinski definition) is 3. The third-order valence-corrected chi connectivity index (χ3v) is 5.53. The molecule has 1 atom stereocenters. The lowest BCUT2D eigenvalue weighted by Gasteiger charge is -2.18. The Balaban J connectivity index is 1.29. The van der Waals surface area contributed by atoms with Crippen LogP contribution in [0.15, 0.2) is 54.7 Å². The standard InChI is InChI=1S/C23H21F3N4O3/c24-23(25,26)15-3-1-4-16(12-15)30-13-14(11-20(30)31)21(32)28-9-10-29-22(33)18-5-2-6-19-17(18)7-8-27-19/h1-8,12,14,27H,9-11,13H2,(H,28,32)(H,29,33)/t14-/m1/s1. The maximum Gasteiger partial charge on any atom is 0.416 e. The summed E-state index contributed by atoms with van der Waals surface area (Å²) in [6.45, 7) is 0.332. The van der Waals surface area contributed by atoms with E-state index in [0.717, 1.165) is 23.0 Å². The minimum atomic E-state index is -4.52. The summed E-state index contributed by atoms with van der Waals surface area (Å²) in [7, 11) is 0. The summed E-state index contributed by atoms with van der Waals surface area (Å²) in [4.78, 5) is 41.4. The molecule has 0 aliphatic carbocycles. The van der Waals surface area contributed by atoms with E-state index >= 15 is 0 Å². The number of nitrogens with one attached hydrogen (secondary N) is 3. The van der Waals surface area contributed by atoms with Gasteiger partial charge in [-0.1, -0.05) is 12.1 Å². The molecule has 0 bridgehead atoms. The van der Waals surface area contributed by atoms with Crippen molar-refractivity contribution in [1.82, 2.24) is 15.6 Å². The molecule has 33 heavy (non-hydrogen) atoms. The van der Waals surface area contributed by atoms with Gasteiger partial charge in [-0.25, -0.2) is 0 Å². The fourth-order valence-corrected chi connectivity index (χ4v) is 3.87. The van der Waals surface area contributed by atoms with Crippen molar-refractivity contribution in [3.63, 3.8) is 0 Å². The van der Waals surface area contributed by atoms with E-state index in [1.54, 1.807) is 24.4 Å². The predicted molar refractivity (Wildman–Crippen MR) is 116 cm³/mol. The Morgan fingerprint density at radius 2 is 1.82 bits per heavy atom. The SMILES string of the molecule is O=C(NCCNC(=O)[C@@H]1CC(=O)N(c2cccc(C(F)(F)F)c2)C1)c1cccc2[nH]ccc12. The maximum absolute atomic E-state index is 13.0. The van der Waals surface area contributed by atoms with Crippen molar-refractivity contribution >= 4 is 34.3 Å². The second-order valence-corrected chi connectivity index (χ2v) is 7.74. The van der Waals surface area contributed by atoms with Crippen LogP contribution in [-0.4, -0.2) is 42.3 Å². The number of carbonyl (C=O) groups excluding carboxylic acids is 3. The van der Waals surface area contributed by atoms with Crippen LogP contribution in [0.1, 0.15) is 22.3 Å². The number of carbonyl (C=O) groups is 3. The van der Waals surface area contributed by atoms with Crippen LogP contribution >= 0.6 is 0 Å². The molecule has 3 aromatic rings. The highest BCUT2D eigenvalue weighted by Crippen LogP contribution is 2.33. The second-order valence-electron chi connectivity index (χ2n) is 7.74. The molecule has 2 aromatic carbocycles. The number of fused-ring (bicyclic) bond motifs is 1. The molecule has 2 heterocycles. The van der Waals surface area contributed by atoms with Crippen LogP contribution in [0.2, 0.25) is 0 Å². The van der Waals surface area contributed by atoms with Crippen molar-refractivity contribution in [2.45, 2.75) is 12.6 Å². The molecule has 10 heteroatoms. The monoisotopic (exact) mass is 458 g/mol. The number of amides is 3. The number of benzene rings is 2. The van der Waals surface area contributed by atoms with Crippen LogP contribution < -0.4 is 15.5 Å². The Bertz CT molecular complexity index is 1200. The van der Waals surface area contributed by atoms with E-state index in [9.17, 15) is 27.6 Å². The lowest BCUT2D eigenvalue weighted by molar-refractivity contribution is -0.137. The smallest absolute Gasteiger partial charge is 0.361 e. The molecule has 0 unspecified atom stereocenters. The van der Waals surface area contributed by atoms with E-state index in [0.29, 0.717) is 5.56 Å². The lowest BCUT2D eigenvalue weighted by Crippen LogP contribution is -2.38. The Morgan fingerprint density at radius 1 is 1.06 bits per heavy atom. The number of rotatable bonds is 6. The Kier molecular flexibility index (Phi) is 6.08. The molecule has 1 fully saturated rings. The predicted octanol–water partition coefficient (Wildman–Crippen LogP) is 3.09. The number of anilines is 1. The van der Waals surface area contributed by atoms with Crippen LogP contribution in [-0.2, 0) is 15.8 Å². The number of aromatic amines is 1. The molecule has 1 aliphatic heterocycles. The third kappa shape index (κ3) is 4.84. The van der Waals surface area contributed by atoms with Crippen molar-refractivity contribution < 1.29 is 27.6 Å². The molecule has 7 nitrogen and oxygen atoms in total. The molecule has 4 rings (SSSR count). The Hall–Kier alpha value is -3.82. The summed E-state index contributed by atoms with van der Waals surface area (Å²) in [6, 6.07) is 11.6. The molecule has 0 radical (unpaired) electrons. The summed E-state index contributed by atoms with van der Waals surface area (Å²) < 4.78 is 38.9. The van der Waals surface area contributed by atoms with Crippen LogP contribution in [0.5, 0.6) is 0 Å². The molecule has 1 saturated heterocycles. The molecular formula is C23H21F3N4O3. The van der Waals surface area contributed by atoms with Gasteiger partial charge in [0.05, 0.1) is 11.5 Å². The van der Waals surface area contributed by atoms with Gasteiger partial charge in [-0.3, -0.25) is 14.4 Å². The largest absolute Gasteiger partial charge is 0.416 e. The summed E-state index contributed by atoms with van der Waals surface area (Å²) in [6.07, 6.45) is -2.87. The first-order valence-corrected chi connectivity index (χ1v) is 10.3. The first-order valence-electron chi connectivity index (χ1n) is 10.3. The van der Waals surface area contributed by atoms with Crippen LogP contribution in [0.25, 0.3) is 10.9 Å². The van der Waals surface area contributed by atoms with Crippen LogP contribution in [0.4, 0.5) is 18.9 Å². The fourth-order valence-electron chi connectivity index (χ4n) is 3.87. The molecule has 3 N–H and O–H groups in total. The van der Waals surface area contributed by atoms with E-state index in [4.69, 9.17) is 0 Å². The van der Waals surface area contributed by atoms with Gasteiger partial charge in [0.2, 0.25) is 11.8 Å². The van der Waals surface area contributed by atoms with Gasteiger partial charge in [0.25, 0.3) is 5.91 Å². The highest BCUT2D eigenvalue weighted by atomic mass is 19.4. The molecule has 0 saturated carbocycles. The van der Waals surface area contributed by atoms with E-state index in [-0.39, 0.29) is 43.6 Å². The quantitative estimate of drug-likeness (QED) is 0.496. The zero-order valence-corrected chi connectivity index (χ0v) is 17.4. The summed E-state index contributed by atoms with van der Waals surface area (Å²) in [5.74, 6) is -1.76. The number of H-pyrrole nitrogens is 1. The van der Waals surface area contributed by atoms with Crippen molar-refractivity contribution in [1.29, 1.82) is 0 Å². The van der Waals surface area contributed by atoms with E-state index < -0.39 is 23.6 Å². The molecule has 0 spiro atoms. The maximum atomic E-state index is 13.0. The highest BCUT2D eigenvalue weighted by Gasteiger charge is 2.36. The lowest BCUT2D eigenvalue weighted by atomic mass is 10.1. The molecular weight excluding hydrogens is 437 g/mol. The van der Waals surface area contributed by atoms with Gasteiger partial charge in [0.1, 0.15) is 0 Å². The van der Waals surface area contributed by atoms with Gasteiger partial charge in [0.15, 0.2) is 0 Å². The highest BCUT2D eigenvalue weighted by molar-refractivity contribution is 6.06. The topological polar surface area (TPSA) is 94.3 Å². The van der Waals surface area contributed by atoms with Gasteiger partial charge in [-0.05, 0) is 36.4 Å². The van der Waals surface area contributed by atoms with Crippen LogP contribution in [0.3, 0.4) is 0 Å². The number of alkyl halides is 3. The van der Waals surface area contributed by atoms with Gasteiger partial charge >= 0.3 is 6.18 Å². The van der Waals surface area contributed by atoms with Gasteiger partial charge < -0.3 is 20.5 Å². The fraction of sp³-hybridized carbons (Fsp3) is 0.261. The zero-order valence-electron chi connectivity index (χ0n) is 17.4. The molecule has 1 aliphatic rings. The number of halogens is 3. The zero-order chi connectivity index (χ0) is 23.6. The minimum Gasteiger partial charge on any atom is -0.361 e. The van der Waals surface area contributed by atoms with Crippen molar-refractivity contribution in [2.75, 3.05) is 24.5 Å². The Labute approximate surface area is 186 Å². The average molecular weight is 458 g/mol. The van der Waals surface area contributed by atoms with Gasteiger partial charge in [-0.15, -0.1) is 0 Å². The number of aromatic nitrogens is 1. The molecule has 172 valence electrons. The second kappa shape index (κ2) is 8.97. The van der Waals surface area contributed by atoms with E-state index in [1.807, 2.05) is 6.07 Å². The average Bonchev–Trinajstić information content (AvgIpc) is 3.42. The van der Waals surface area contributed by atoms with Gasteiger partial charge in [0, 0.05) is 54.4 Å². The first kappa shape index (κ1) is 22.4. The summed E-state index contributed by atoms with van der Waals surface area (Å²) in [5, 5.41) is 6.20. The number of nitrogens with zero attached hydrogens (tertiary/aromatic N) is 1. The summed E-state index contributed by atoms with van der Waals surface area (Å²) in [5.41, 5.74) is 0.605. The number of hydrogen-bond donors (Lipinski definition) is 3. The normalized spacial score (nSPS) is 16.3. The van der Waals surface area contributed by atoms with Gasteiger partial charge in [-0.2, -0.15) is 13.2 Å². The van der Waals surface area contributed by atoms with E-state index in [2.05, 4.69) is 15.6 Å². The first-order chi connectivity index (χ1) is 15.7. The van der Waals surface area contributed by atoms with Crippen molar-refractivity contribution in [3.8, 4) is 0 Å². The van der Waals surface area contributed by atoms with Crippen molar-refractivity contribution in [2.24, 2.45) is 5.92 Å². The van der Waals surface area contributed by atoms with E-state index in [1.165, 1.54) is 17.0 Å². The summed E-state index contributed by atoms with van der Waals surface area (Å²) >= 11 is 0. The Morgan fingerprint density at radius 3 is 2.61 bits per heavy atom. The van der Waals surface area contributed by atoms with Crippen LogP contribution in [0, 0.1) is 5.92 Å². The minimum absolute atomic E-state index is 0.00613. The molecule has 1 aromatic heterocycles.